The van der Waals surface area contributed by atoms with Crippen LogP contribution >= 0.6 is 0 Å². The van der Waals surface area contributed by atoms with Crippen LogP contribution in [0.4, 0.5) is 11.5 Å². The lowest BCUT2D eigenvalue weighted by Gasteiger charge is -2.26. The largest absolute Gasteiger partial charge is 0.487 e. The van der Waals surface area contributed by atoms with Crippen molar-refractivity contribution in [1.82, 2.24) is 15.0 Å². The number of nitrogens with zero attached hydrogens (tertiary/aromatic N) is 3. The van der Waals surface area contributed by atoms with Crippen molar-refractivity contribution in [3.8, 4) is 17.6 Å². The third-order valence-electron chi connectivity index (χ3n) is 5.93. The van der Waals surface area contributed by atoms with Gasteiger partial charge in [-0.25, -0.2) is 9.97 Å². The zero-order chi connectivity index (χ0) is 24.1. The average Bonchev–Trinajstić information content (AvgIpc) is 2.88. The van der Waals surface area contributed by atoms with Gasteiger partial charge >= 0.3 is 0 Å². The fourth-order valence-corrected chi connectivity index (χ4v) is 3.92. The van der Waals surface area contributed by atoms with Crippen LogP contribution in [0.25, 0.3) is 10.9 Å². The van der Waals surface area contributed by atoms with Crippen LogP contribution in [0.2, 0.25) is 0 Å². The van der Waals surface area contributed by atoms with Crippen LogP contribution in [0.15, 0.2) is 67.1 Å². The summed E-state index contributed by atoms with van der Waals surface area (Å²) in [7, 11) is 0. The molecular weight excluding hydrogens is 440 g/mol. The Bertz CT molecular complexity index is 1390. The van der Waals surface area contributed by atoms with Crippen molar-refractivity contribution in [3.05, 3.63) is 83.9 Å². The van der Waals surface area contributed by atoms with Gasteiger partial charge in [0.1, 0.15) is 30.1 Å². The van der Waals surface area contributed by atoms with Crippen molar-refractivity contribution >= 4 is 22.4 Å². The molecule has 7 heteroatoms. The summed E-state index contributed by atoms with van der Waals surface area (Å²) in [6, 6.07) is 17.5. The summed E-state index contributed by atoms with van der Waals surface area (Å²) in [5.41, 5.74) is 3.37. The molecule has 0 unspecified atom stereocenters. The van der Waals surface area contributed by atoms with E-state index in [-0.39, 0.29) is 0 Å². The monoisotopic (exact) mass is 466 g/mol. The zero-order valence-electron chi connectivity index (χ0n) is 19.5. The summed E-state index contributed by atoms with van der Waals surface area (Å²) in [5, 5.41) is 14.9. The molecule has 176 valence electrons. The van der Waals surface area contributed by atoms with E-state index in [0.29, 0.717) is 38.5 Å². The summed E-state index contributed by atoms with van der Waals surface area (Å²) in [6.07, 6.45) is 4.33. The predicted molar refractivity (Wildman–Crippen MR) is 134 cm³/mol. The van der Waals surface area contributed by atoms with Crippen LogP contribution in [-0.4, -0.2) is 38.9 Å². The Kier molecular flexibility index (Phi) is 6.57. The molecule has 35 heavy (non-hydrogen) atoms. The summed E-state index contributed by atoms with van der Waals surface area (Å²) >= 11 is 0. The Morgan fingerprint density at radius 3 is 2.74 bits per heavy atom. The standard InChI is InChI=1S/C28H26N4O3/c1-20-16-22(6-8-26(20)35-18-23-4-2-3-13-29-23)32-27-24-17-21(5-7-25(24)30-19-31-27)9-10-28(33)11-14-34-15-12-28/h2-8,13,16-17,19,33H,11-12,14-15,18H2,1H3,(H,30,31,32). The minimum atomic E-state index is -1.00. The molecule has 0 bridgehead atoms. The molecule has 0 atom stereocenters. The number of aliphatic hydroxyl groups is 1. The molecule has 1 fully saturated rings. The number of nitrogens with one attached hydrogen (secondary N) is 1. The van der Waals surface area contributed by atoms with Crippen LogP contribution in [0, 0.1) is 18.8 Å². The van der Waals surface area contributed by atoms with E-state index in [2.05, 4.69) is 32.1 Å². The lowest BCUT2D eigenvalue weighted by molar-refractivity contribution is -0.0261. The predicted octanol–water partition coefficient (Wildman–Crippen LogP) is 4.55. The Balaban J connectivity index is 1.35. The quantitative estimate of drug-likeness (QED) is 0.417. The topological polar surface area (TPSA) is 89.4 Å². The van der Waals surface area contributed by atoms with E-state index in [1.165, 1.54) is 6.33 Å². The van der Waals surface area contributed by atoms with Gasteiger partial charge in [0.05, 0.1) is 24.4 Å². The number of anilines is 2. The maximum Gasteiger partial charge on any atom is 0.141 e. The van der Waals surface area contributed by atoms with Gasteiger partial charge in [-0.15, -0.1) is 0 Å². The van der Waals surface area contributed by atoms with Crippen LogP contribution in [0.5, 0.6) is 5.75 Å². The zero-order valence-corrected chi connectivity index (χ0v) is 19.5. The molecule has 0 aliphatic carbocycles. The van der Waals surface area contributed by atoms with Crippen molar-refractivity contribution in [1.29, 1.82) is 0 Å². The van der Waals surface area contributed by atoms with Gasteiger partial charge in [-0.05, 0) is 61.0 Å². The number of benzene rings is 2. The molecule has 5 rings (SSSR count). The van der Waals surface area contributed by atoms with Gasteiger partial charge in [-0.3, -0.25) is 4.98 Å². The second kappa shape index (κ2) is 10.1. The fraction of sp³-hybridized carbons (Fsp3) is 0.250. The number of hydrogen-bond donors (Lipinski definition) is 2. The normalized spacial score (nSPS) is 14.7. The summed E-state index contributed by atoms with van der Waals surface area (Å²) in [4.78, 5) is 13.1. The smallest absolute Gasteiger partial charge is 0.141 e. The molecule has 1 aliphatic heterocycles. The van der Waals surface area contributed by atoms with Crippen molar-refractivity contribution in [3.63, 3.8) is 0 Å². The van der Waals surface area contributed by atoms with Gasteiger partial charge in [0, 0.05) is 35.7 Å². The minimum absolute atomic E-state index is 0.414. The molecule has 2 aromatic carbocycles. The Morgan fingerprint density at radius 1 is 1.06 bits per heavy atom. The highest BCUT2D eigenvalue weighted by molar-refractivity contribution is 5.91. The van der Waals surface area contributed by atoms with E-state index in [0.717, 1.165) is 39.2 Å². The SMILES string of the molecule is Cc1cc(Nc2ncnc3ccc(C#CC4(O)CCOCC4)cc23)ccc1OCc1ccccn1. The van der Waals surface area contributed by atoms with Crippen molar-refractivity contribution in [2.75, 3.05) is 18.5 Å². The Hall–Kier alpha value is -3.99. The summed E-state index contributed by atoms with van der Waals surface area (Å²) in [5.74, 6) is 7.64. The first kappa shape index (κ1) is 22.8. The molecule has 2 N–H and O–H groups in total. The minimum Gasteiger partial charge on any atom is -0.487 e. The highest BCUT2D eigenvalue weighted by atomic mass is 16.5. The summed E-state index contributed by atoms with van der Waals surface area (Å²) in [6.45, 7) is 3.47. The second-order valence-corrected chi connectivity index (χ2v) is 8.56. The maximum atomic E-state index is 10.6. The van der Waals surface area contributed by atoms with E-state index in [4.69, 9.17) is 9.47 Å². The molecule has 3 heterocycles. The fourth-order valence-electron chi connectivity index (χ4n) is 3.92. The lowest BCUT2D eigenvalue weighted by atomic mass is 9.95. The van der Waals surface area contributed by atoms with Crippen LogP contribution in [0.1, 0.15) is 29.7 Å². The third-order valence-corrected chi connectivity index (χ3v) is 5.93. The number of hydrogen-bond acceptors (Lipinski definition) is 7. The van der Waals surface area contributed by atoms with Crippen LogP contribution < -0.4 is 10.1 Å². The maximum absolute atomic E-state index is 10.6. The first-order chi connectivity index (χ1) is 17.1. The number of ether oxygens (including phenoxy) is 2. The van der Waals surface area contributed by atoms with E-state index in [1.807, 2.05) is 61.5 Å². The Labute approximate surface area is 204 Å². The summed E-state index contributed by atoms with van der Waals surface area (Å²) < 4.78 is 11.3. The number of fused-ring (bicyclic) bond motifs is 1. The van der Waals surface area contributed by atoms with Crippen LogP contribution in [-0.2, 0) is 11.3 Å². The third kappa shape index (κ3) is 5.57. The molecule has 0 radical (unpaired) electrons. The van der Waals surface area contributed by atoms with E-state index < -0.39 is 5.60 Å². The van der Waals surface area contributed by atoms with Crippen molar-refractivity contribution < 1.29 is 14.6 Å². The number of rotatable bonds is 5. The van der Waals surface area contributed by atoms with Gasteiger partial charge in [0.15, 0.2) is 0 Å². The molecule has 0 spiro atoms. The van der Waals surface area contributed by atoms with E-state index in [9.17, 15) is 5.11 Å². The number of pyridine rings is 1. The highest BCUT2D eigenvalue weighted by Crippen LogP contribution is 2.28. The number of aromatic nitrogens is 3. The van der Waals surface area contributed by atoms with E-state index in [1.54, 1.807) is 6.20 Å². The first-order valence-corrected chi connectivity index (χ1v) is 11.6. The molecule has 0 saturated carbocycles. The molecule has 0 amide bonds. The Morgan fingerprint density at radius 2 is 1.94 bits per heavy atom. The van der Waals surface area contributed by atoms with E-state index >= 15 is 0 Å². The number of aryl methyl sites for hydroxylation is 1. The average molecular weight is 467 g/mol. The molecular formula is C28H26N4O3. The van der Waals surface area contributed by atoms with Gasteiger partial charge in [-0.1, -0.05) is 17.9 Å². The van der Waals surface area contributed by atoms with Crippen molar-refractivity contribution in [2.24, 2.45) is 0 Å². The van der Waals surface area contributed by atoms with Gasteiger partial charge < -0.3 is 19.9 Å². The lowest BCUT2D eigenvalue weighted by Crippen LogP contribution is -2.34. The van der Waals surface area contributed by atoms with Gasteiger partial charge in [-0.2, -0.15) is 0 Å². The van der Waals surface area contributed by atoms with Gasteiger partial charge in [0.2, 0.25) is 0 Å². The van der Waals surface area contributed by atoms with Gasteiger partial charge in [0.25, 0.3) is 0 Å². The molecule has 1 aliphatic rings. The highest BCUT2D eigenvalue weighted by Gasteiger charge is 2.27. The van der Waals surface area contributed by atoms with Crippen LogP contribution in [0.3, 0.4) is 0 Å². The molecule has 2 aromatic heterocycles. The first-order valence-electron chi connectivity index (χ1n) is 11.6. The molecule has 1 saturated heterocycles. The second-order valence-electron chi connectivity index (χ2n) is 8.56. The van der Waals surface area contributed by atoms with Crippen molar-refractivity contribution in [2.45, 2.75) is 32.0 Å². The molecule has 4 aromatic rings. The molecule has 7 nitrogen and oxygen atoms in total.